The Hall–Kier alpha value is -3.68. The van der Waals surface area contributed by atoms with E-state index in [4.69, 9.17) is 9.88 Å². The van der Waals surface area contributed by atoms with Gasteiger partial charge in [-0.05, 0) is 37.3 Å². The van der Waals surface area contributed by atoms with Crippen molar-refractivity contribution in [3.05, 3.63) is 71.4 Å². The molecule has 0 atom stereocenters. The molecule has 0 aliphatic heterocycles. The number of nitrogens with two attached hydrogens (primary N) is 1. The predicted octanol–water partition coefficient (Wildman–Crippen LogP) is 3.15. The van der Waals surface area contributed by atoms with Crippen molar-refractivity contribution in [2.75, 3.05) is 10.6 Å². The summed E-state index contributed by atoms with van der Waals surface area (Å²) in [5.74, 6) is 5.47. The summed E-state index contributed by atoms with van der Waals surface area (Å²) >= 11 is 0. The molecule has 0 unspecified atom stereocenters. The average molecular weight is 427 g/mol. The van der Waals surface area contributed by atoms with Crippen molar-refractivity contribution in [1.29, 1.82) is 0 Å². The van der Waals surface area contributed by atoms with Crippen LogP contribution in [0.5, 0.6) is 5.75 Å². The third kappa shape index (κ3) is 5.22. The maximum absolute atomic E-state index is 14.2. The van der Waals surface area contributed by atoms with Gasteiger partial charge in [0.1, 0.15) is 5.75 Å². The van der Waals surface area contributed by atoms with Crippen LogP contribution in [0.4, 0.5) is 21.8 Å². The fourth-order valence-electron chi connectivity index (χ4n) is 2.54. The Balaban J connectivity index is 1.83. The summed E-state index contributed by atoms with van der Waals surface area (Å²) in [5.41, 5.74) is 1.32. The van der Waals surface area contributed by atoms with E-state index in [2.05, 4.69) is 39.0 Å². The highest BCUT2D eigenvalue weighted by molar-refractivity contribution is 7.93. The Bertz CT molecular complexity index is 1210. The number of hydrogen-bond donors (Lipinski definition) is 3. The molecule has 0 saturated carbocycles. The molecule has 10 heteroatoms. The molecule has 1 aliphatic rings. The minimum atomic E-state index is -3.96. The van der Waals surface area contributed by atoms with E-state index in [1.807, 2.05) is 0 Å². The van der Waals surface area contributed by atoms with Crippen molar-refractivity contribution < 1.29 is 17.5 Å². The van der Waals surface area contributed by atoms with Crippen LogP contribution in [0.25, 0.3) is 0 Å². The summed E-state index contributed by atoms with van der Waals surface area (Å²) in [6.45, 7) is 5.04. The lowest BCUT2D eigenvalue weighted by atomic mass is 10.3. The SMILES string of the molecule is C=COc1ccc(Nc2nc(NC3=CC(S(N)(=O)=O)=C(C)C#CC3)ncc2F)cc1. The molecular formula is C20H18FN5O3S. The Morgan fingerprint density at radius 3 is 2.70 bits per heavy atom. The van der Waals surface area contributed by atoms with Crippen LogP contribution in [0.2, 0.25) is 0 Å². The molecule has 0 saturated heterocycles. The molecule has 8 nitrogen and oxygen atoms in total. The van der Waals surface area contributed by atoms with Crippen molar-refractivity contribution in [3.63, 3.8) is 0 Å². The zero-order valence-corrected chi connectivity index (χ0v) is 16.8. The summed E-state index contributed by atoms with van der Waals surface area (Å²) in [4.78, 5) is 7.91. The number of hydrogen-bond acceptors (Lipinski definition) is 7. The Morgan fingerprint density at radius 2 is 2.03 bits per heavy atom. The van der Waals surface area contributed by atoms with Gasteiger partial charge in [-0.25, -0.2) is 22.9 Å². The quantitative estimate of drug-likeness (QED) is 0.459. The number of aromatic nitrogens is 2. The van der Waals surface area contributed by atoms with E-state index >= 15 is 0 Å². The molecule has 30 heavy (non-hydrogen) atoms. The third-order valence-electron chi connectivity index (χ3n) is 3.89. The van der Waals surface area contributed by atoms with E-state index in [0.717, 1.165) is 6.20 Å². The molecule has 0 spiro atoms. The van der Waals surface area contributed by atoms with Gasteiger partial charge in [-0.3, -0.25) is 0 Å². The van der Waals surface area contributed by atoms with E-state index < -0.39 is 15.8 Å². The van der Waals surface area contributed by atoms with Gasteiger partial charge >= 0.3 is 0 Å². The van der Waals surface area contributed by atoms with E-state index in [1.165, 1.54) is 12.3 Å². The van der Waals surface area contributed by atoms with Crippen molar-refractivity contribution in [3.8, 4) is 17.6 Å². The number of nitrogens with one attached hydrogen (secondary N) is 2. The fraction of sp³-hybridized carbons (Fsp3) is 0.100. The number of halogens is 1. The lowest BCUT2D eigenvalue weighted by Gasteiger charge is -2.11. The molecule has 1 heterocycles. The van der Waals surface area contributed by atoms with Crippen LogP contribution in [0, 0.1) is 17.7 Å². The van der Waals surface area contributed by atoms with Gasteiger partial charge in [0, 0.05) is 23.4 Å². The van der Waals surface area contributed by atoms with Crippen molar-refractivity contribution in [2.24, 2.45) is 5.14 Å². The molecule has 1 aromatic carbocycles. The monoisotopic (exact) mass is 427 g/mol. The molecule has 0 radical (unpaired) electrons. The molecule has 4 N–H and O–H groups in total. The minimum Gasteiger partial charge on any atom is -0.466 e. The second kappa shape index (κ2) is 8.77. The molecule has 3 rings (SSSR count). The number of benzene rings is 1. The first-order valence-corrected chi connectivity index (χ1v) is 10.2. The molecule has 154 valence electrons. The molecule has 0 fully saturated rings. The van der Waals surface area contributed by atoms with Crippen LogP contribution in [0.15, 0.2) is 65.6 Å². The smallest absolute Gasteiger partial charge is 0.239 e. The summed E-state index contributed by atoms with van der Waals surface area (Å²) in [6, 6.07) is 6.73. The van der Waals surface area contributed by atoms with E-state index in [0.29, 0.717) is 22.7 Å². The Kier molecular flexibility index (Phi) is 6.15. The number of anilines is 3. The van der Waals surface area contributed by atoms with Crippen molar-refractivity contribution in [1.82, 2.24) is 9.97 Å². The number of ether oxygens (including phenoxy) is 1. The van der Waals surface area contributed by atoms with Crippen molar-refractivity contribution in [2.45, 2.75) is 13.3 Å². The molecular weight excluding hydrogens is 409 g/mol. The Morgan fingerprint density at radius 1 is 1.30 bits per heavy atom. The molecule has 0 amide bonds. The van der Waals surface area contributed by atoms with Gasteiger partial charge in [0.2, 0.25) is 16.0 Å². The molecule has 2 aromatic rings. The van der Waals surface area contributed by atoms with Gasteiger partial charge in [0.05, 0.1) is 17.4 Å². The third-order valence-corrected chi connectivity index (χ3v) is 4.93. The average Bonchev–Trinajstić information content (AvgIpc) is 2.87. The van der Waals surface area contributed by atoms with Crippen LogP contribution in [-0.2, 0) is 10.0 Å². The Labute approximate surface area is 173 Å². The maximum atomic E-state index is 14.2. The topological polar surface area (TPSA) is 119 Å². The van der Waals surface area contributed by atoms with Gasteiger partial charge in [0.25, 0.3) is 0 Å². The van der Waals surface area contributed by atoms with Gasteiger partial charge < -0.3 is 15.4 Å². The van der Waals surface area contributed by atoms with Crippen LogP contribution in [0.1, 0.15) is 13.3 Å². The number of nitrogens with zero attached hydrogens (tertiary/aromatic N) is 2. The summed E-state index contributed by atoms with van der Waals surface area (Å²) in [6.07, 6.45) is 3.87. The summed E-state index contributed by atoms with van der Waals surface area (Å²) in [7, 11) is -3.96. The number of allylic oxidation sites excluding steroid dienone is 3. The lowest BCUT2D eigenvalue weighted by Crippen LogP contribution is -2.15. The maximum Gasteiger partial charge on any atom is 0.239 e. The van der Waals surface area contributed by atoms with Crippen LogP contribution >= 0.6 is 0 Å². The van der Waals surface area contributed by atoms with Gasteiger partial charge in [-0.1, -0.05) is 18.4 Å². The zero-order valence-electron chi connectivity index (χ0n) is 15.9. The first-order chi connectivity index (χ1) is 14.3. The van der Waals surface area contributed by atoms with Crippen molar-refractivity contribution >= 4 is 27.5 Å². The van der Waals surface area contributed by atoms with Crippen LogP contribution in [0.3, 0.4) is 0 Å². The zero-order chi connectivity index (χ0) is 21.7. The van der Waals surface area contributed by atoms with E-state index in [9.17, 15) is 12.8 Å². The van der Waals surface area contributed by atoms with Gasteiger partial charge in [0.15, 0.2) is 11.6 Å². The highest BCUT2D eigenvalue weighted by atomic mass is 32.2. The number of sulfonamides is 1. The van der Waals surface area contributed by atoms with Gasteiger partial charge in [-0.15, -0.1) is 0 Å². The minimum absolute atomic E-state index is 0.0619. The normalized spacial score (nSPS) is 13.5. The predicted molar refractivity (Wildman–Crippen MR) is 112 cm³/mol. The summed E-state index contributed by atoms with van der Waals surface area (Å²) < 4.78 is 42.9. The first kappa shape index (κ1) is 21.0. The highest BCUT2D eigenvalue weighted by Crippen LogP contribution is 2.23. The van der Waals surface area contributed by atoms with Crippen LogP contribution < -0.4 is 20.5 Å². The number of rotatable bonds is 7. The molecule has 1 aromatic heterocycles. The van der Waals surface area contributed by atoms with E-state index in [-0.39, 0.29) is 23.1 Å². The largest absolute Gasteiger partial charge is 0.466 e. The number of primary sulfonamides is 1. The van der Waals surface area contributed by atoms with Crippen LogP contribution in [-0.4, -0.2) is 18.4 Å². The summed E-state index contributed by atoms with van der Waals surface area (Å²) in [5, 5.41) is 11.0. The second-order valence-corrected chi connectivity index (χ2v) is 7.66. The second-order valence-electron chi connectivity index (χ2n) is 6.13. The lowest BCUT2D eigenvalue weighted by molar-refractivity contribution is 0.483. The first-order valence-electron chi connectivity index (χ1n) is 8.63. The highest BCUT2D eigenvalue weighted by Gasteiger charge is 2.16. The van der Waals surface area contributed by atoms with Gasteiger partial charge in [-0.2, -0.15) is 4.98 Å². The van der Waals surface area contributed by atoms with E-state index in [1.54, 1.807) is 31.2 Å². The standard InChI is InChI=1S/C20H18FN5O3S/c1-3-29-16-9-7-14(8-10-16)24-19-17(21)12-23-20(26-19)25-15-6-4-5-13(2)18(11-15)30(22,27)28/h3,7-12H,1,6H2,2H3,(H2,22,27,28)(H2,23,24,25,26). The fourth-order valence-corrected chi connectivity index (χ4v) is 3.32. The molecule has 0 bridgehead atoms. The molecule has 1 aliphatic carbocycles.